The van der Waals surface area contributed by atoms with Crippen molar-refractivity contribution < 1.29 is 13.2 Å². The molecule has 0 aliphatic heterocycles. The molecule has 0 saturated carbocycles. The van der Waals surface area contributed by atoms with Crippen LogP contribution in [0.2, 0.25) is 0 Å². The van der Waals surface area contributed by atoms with Crippen LogP contribution in [0.3, 0.4) is 0 Å². The largest absolute Gasteiger partial charge is 0.383 e. The molecule has 0 aromatic rings. The van der Waals surface area contributed by atoms with Crippen LogP contribution in [0.1, 0.15) is 27.2 Å². The van der Waals surface area contributed by atoms with Crippen LogP contribution < -0.4 is 0 Å². The van der Waals surface area contributed by atoms with Gasteiger partial charge in [0.05, 0.1) is 18.4 Å². The van der Waals surface area contributed by atoms with Crippen molar-refractivity contribution in [2.45, 2.75) is 27.2 Å². The van der Waals surface area contributed by atoms with Crippen LogP contribution in [0.25, 0.3) is 0 Å². The second kappa shape index (κ2) is 6.94. The molecular weight excluding hydrogens is 240 g/mol. The van der Waals surface area contributed by atoms with E-state index in [2.05, 4.69) is 0 Å². The number of nitrogens with zero attached hydrogens (tertiary/aromatic N) is 2. The van der Waals surface area contributed by atoms with Crippen LogP contribution in [-0.2, 0) is 14.8 Å². The molecule has 0 fully saturated rings. The minimum absolute atomic E-state index is 0.0785. The third kappa shape index (κ3) is 7.31. The second-order valence-electron chi connectivity index (χ2n) is 5.12. The molecule has 6 heteroatoms. The zero-order chi connectivity index (χ0) is 13.5. The Morgan fingerprint density at radius 3 is 2.29 bits per heavy atom. The monoisotopic (exact) mass is 262 g/mol. The van der Waals surface area contributed by atoms with Gasteiger partial charge in [-0.1, -0.05) is 20.8 Å². The lowest BCUT2D eigenvalue weighted by Crippen LogP contribution is -2.39. The van der Waals surface area contributed by atoms with Gasteiger partial charge in [0.1, 0.15) is 0 Å². The molecule has 0 atom stereocenters. The first kappa shape index (κ1) is 16.4. The molecular formula is C11H22N2O3S. The lowest BCUT2D eigenvalue weighted by molar-refractivity contribution is 0.179. The van der Waals surface area contributed by atoms with Gasteiger partial charge in [0.15, 0.2) is 0 Å². The summed E-state index contributed by atoms with van der Waals surface area (Å²) in [6.07, 6.45) is 0.201. The second-order valence-corrected chi connectivity index (χ2v) is 7.09. The highest BCUT2D eigenvalue weighted by molar-refractivity contribution is 7.89. The summed E-state index contributed by atoms with van der Waals surface area (Å²) in [6.45, 7) is 6.51. The van der Waals surface area contributed by atoms with Gasteiger partial charge in [0, 0.05) is 26.6 Å². The van der Waals surface area contributed by atoms with Crippen LogP contribution in [0, 0.1) is 16.7 Å². The van der Waals surface area contributed by atoms with Crippen molar-refractivity contribution in [2.75, 3.05) is 32.6 Å². The zero-order valence-corrected chi connectivity index (χ0v) is 11.9. The molecule has 17 heavy (non-hydrogen) atoms. The van der Waals surface area contributed by atoms with Gasteiger partial charge in [-0.15, -0.1) is 0 Å². The Labute approximate surface area is 104 Å². The first-order valence-electron chi connectivity index (χ1n) is 5.56. The van der Waals surface area contributed by atoms with Crippen molar-refractivity contribution >= 4 is 10.0 Å². The highest BCUT2D eigenvalue weighted by Gasteiger charge is 2.27. The smallest absolute Gasteiger partial charge is 0.214 e. The Morgan fingerprint density at radius 2 is 1.88 bits per heavy atom. The van der Waals surface area contributed by atoms with Gasteiger partial charge in [-0.05, 0) is 5.41 Å². The molecule has 0 saturated heterocycles. The van der Waals surface area contributed by atoms with Gasteiger partial charge in [-0.25, -0.2) is 8.42 Å². The van der Waals surface area contributed by atoms with E-state index in [-0.39, 0.29) is 24.1 Å². The van der Waals surface area contributed by atoms with Crippen molar-refractivity contribution in [3.05, 3.63) is 0 Å². The highest BCUT2D eigenvalue weighted by Crippen LogP contribution is 2.18. The normalized spacial score (nSPS) is 12.7. The molecule has 0 aliphatic rings. The fourth-order valence-electron chi connectivity index (χ4n) is 1.40. The lowest BCUT2D eigenvalue weighted by Gasteiger charge is -2.25. The molecule has 100 valence electrons. The molecule has 0 aromatic heterocycles. The summed E-state index contributed by atoms with van der Waals surface area (Å²) in [7, 11) is -1.80. The van der Waals surface area contributed by atoms with Gasteiger partial charge in [-0.3, -0.25) is 0 Å². The first-order valence-corrected chi connectivity index (χ1v) is 7.17. The summed E-state index contributed by atoms with van der Waals surface area (Å²) in [4.78, 5) is 0. The predicted molar refractivity (Wildman–Crippen MR) is 66.9 cm³/mol. The van der Waals surface area contributed by atoms with E-state index >= 15 is 0 Å². The fraction of sp³-hybridized carbons (Fsp3) is 0.909. The van der Waals surface area contributed by atoms with Gasteiger partial charge in [0.25, 0.3) is 0 Å². The summed E-state index contributed by atoms with van der Waals surface area (Å²) < 4.78 is 30.5. The van der Waals surface area contributed by atoms with Crippen LogP contribution in [-0.4, -0.2) is 45.3 Å². The predicted octanol–water partition coefficient (Wildman–Crippen LogP) is 1.22. The van der Waals surface area contributed by atoms with E-state index < -0.39 is 10.0 Å². The molecule has 0 unspecified atom stereocenters. The molecule has 0 heterocycles. The van der Waals surface area contributed by atoms with Gasteiger partial charge < -0.3 is 4.74 Å². The van der Waals surface area contributed by atoms with Crippen molar-refractivity contribution in [3.8, 4) is 6.07 Å². The topological polar surface area (TPSA) is 70.4 Å². The maximum Gasteiger partial charge on any atom is 0.214 e. The number of nitriles is 1. The summed E-state index contributed by atoms with van der Waals surface area (Å²) in [5.41, 5.74) is -0.295. The number of methoxy groups -OCH3 is 1. The van der Waals surface area contributed by atoms with E-state index in [0.29, 0.717) is 13.2 Å². The maximum absolute atomic E-state index is 12.1. The lowest BCUT2D eigenvalue weighted by atomic mass is 10.0. The summed E-state index contributed by atoms with van der Waals surface area (Å²) >= 11 is 0. The van der Waals surface area contributed by atoms with Crippen LogP contribution in [0.15, 0.2) is 0 Å². The van der Waals surface area contributed by atoms with Crippen molar-refractivity contribution in [1.82, 2.24) is 4.31 Å². The quantitative estimate of drug-likeness (QED) is 0.692. The molecule has 0 N–H and O–H groups in total. The minimum Gasteiger partial charge on any atom is -0.383 e. The summed E-state index contributed by atoms with van der Waals surface area (Å²) in [5, 5.41) is 8.54. The Kier molecular flexibility index (Phi) is 6.68. The van der Waals surface area contributed by atoms with Crippen molar-refractivity contribution in [2.24, 2.45) is 5.41 Å². The van der Waals surface area contributed by atoms with Gasteiger partial charge in [0.2, 0.25) is 10.0 Å². The van der Waals surface area contributed by atoms with Crippen molar-refractivity contribution in [3.63, 3.8) is 0 Å². The summed E-state index contributed by atoms with van der Waals surface area (Å²) in [6, 6.07) is 1.96. The molecule has 0 radical (unpaired) electrons. The third-order valence-electron chi connectivity index (χ3n) is 2.03. The maximum atomic E-state index is 12.1. The molecule has 0 rings (SSSR count). The number of hydrogen-bond donors (Lipinski definition) is 0. The summed E-state index contributed by atoms with van der Waals surface area (Å²) in [5.74, 6) is 0.0785. The molecule has 0 bridgehead atoms. The van der Waals surface area contributed by atoms with E-state index in [1.165, 1.54) is 11.4 Å². The van der Waals surface area contributed by atoms with Crippen LogP contribution >= 0.6 is 0 Å². The molecule has 5 nitrogen and oxygen atoms in total. The SMILES string of the molecule is COCCN(CCC#N)S(=O)(=O)CC(C)(C)C. The van der Waals surface area contributed by atoms with E-state index in [9.17, 15) is 8.42 Å². The number of rotatable bonds is 7. The Bertz CT molecular complexity index is 352. The number of ether oxygens (including phenoxy) is 1. The van der Waals surface area contributed by atoms with E-state index in [1.54, 1.807) is 0 Å². The number of hydrogen-bond acceptors (Lipinski definition) is 4. The molecule has 0 aliphatic carbocycles. The standard InChI is InChI=1S/C11H22N2O3S/c1-11(2,3)10-17(14,15)13(7-5-6-12)8-9-16-4/h5,7-10H2,1-4H3. The molecule has 0 spiro atoms. The number of sulfonamides is 1. The van der Waals surface area contributed by atoms with E-state index in [4.69, 9.17) is 10.00 Å². The Balaban J connectivity index is 4.71. The van der Waals surface area contributed by atoms with Gasteiger partial charge in [-0.2, -0.15) is 9.57 Å². The zero-order valence-electron chi connectivity index (χ0n) is 11.1. The van der Waals surface area contributed by atoms with Gasteiger partial charge >= 0.3 is 0 Å². The fourth-order valence-corrected chi connectivity index (χ4v) is 3.40. The first-order chi connectivity index (χ1) is 7.73. The van der Waals surface area contributed by atoms with E-state index in [1.807, 2.05) is 26.8 Å². The average Bonchev–Trinajstić information content (AvgIpc) is 2.13. The van der Waals surface area contributed by atoms with Crippen LogP contribution in [0.5, 0.6) is 0 Å². The van der Waals surface area contributed by atoms with E-state index in [0.717, 1.165) is 0 Å². The average molecular weight is 262 g/mol. The Hall–Kier alpha value is -0.640. The minimum atomic E-state index is -3.32. The highest BCUT2D eigenvalue weighted by atomic mass is 32.2. The molecule has 0 amide bonds. The van der Waals surface area contributed by atoms with Crippen LogP contribution in [0.4, 0.5) is 0 Å². The van der Waals surface area contributed by atoms with Crippen molar-refractivity contribution in [1.29, 1.82) is 5.26 Å². The Morgan fingerprint density at radius 1 is 1.29 bits per heavy atom. The third-order valence-corrected chi connectivity index (χ3v) is 4.41. The molecule has 0 aromatic carbocycles.